The van der Waals surface area contributed by atoms with E-state index in [1.807, 2.05) is 0 Å². The molecule has 1 fully saturated rings. The lowest BCUT2D eigenvalue weighted by molar-refractivity contribution is -0.127. The molecule has 0 aromatic rings. The van der Waals surface area contributed by atoms with Crippen LogP contribution in [-0.4, -0.2) is 27.5 Å². The zero-order valence-electron chi connectivity index (χ0n) is 8.06. The number of carbonyl (C=O) groups excluding carboxylic acids is 1. The highest BCUT2D eigenvalue weighted by atomic mass is 79.9. The van der Waals surface area contributed by atoms with Crippen LogP contribution in [0.4, 0.5) is 0 Å². The lowest BCUT2D eigenvalue weighted by Crippen LogP contribution is -2.55. The normalized spacial score (nSPS) is 20.6. The molecule has 0 aromatic carbocycles. The second-order valence-electron chi connectivity index (χ2n) is 4.31. The minimum Gasteiger partial charge on any atom is -0.394 e. The Kier molecular flexibility index (Phi) is 3.02. The quantitative estimate of drug-likeness (QED) is 0.739. The molecule has 0 atom stereocenters. The van der Waals surface area contributed by atoms with Crippen molar-refractivity contribution < 1.29 is 9.90 Å². The van der Waals surface area contributed by atoms with Crippen LogP contribution in [0.15, 0.2) is 0 Å². The van der Waals surface area contributed by atoms with Gasteiger partial charge in [-0.05, 0) is 33.1 Å². The highest BCUT2D eigenvalue weighted by Crippen LogP contribution is 2.40. The Morgan fingerprint density at radius 3 is 2.46 bits per heavy atom. The molecular formula is C9H16BrNO2. The summed E-state index contributed by atoms with van der Waals surface area (Å²) in [6, 6.07) is 0. The van der Waals surface area contributed by atoms with Gasteiger partial charge in [0, 0.05) is 0 Å². The van der Waals surface area contributed by atoms with Crippen LogP contribution in [0.1, 0.15) is 33.1 Å². The summed E-state index contributed by atoms with van der Waals surface area (Å²) in [6.07, 6.45) is 2.87. The van der Waals surface area contributed by atoms with Crippen molar-refractivity contribution in [2.45, 2.75) is 43.0 Å². The number of alkyl halides is 1. The highest BCUT2D eigenvalue weighted by Gasteiger charge is 2.42. The SMILES string of the molecule is CC(C)(CO)NC(=O)C1(Br)CCC1. The second kappa shape index (κ2) is 3.58. The third kappa shape index (κ3) is 2.44. The minimum absolute atomic E-state index is 0.00204. The molecule has 4 heteroatoms. The van der Waals surface area contributed by atoms with Crippen LogP contribution in [0.2, 0.25) is 0 Å². The molecule has 3 nitrogen and oxygen atoms in total. The number of carbonyl (C=O) groups is 1. The van der Waals surface area contributed by atoms with Gasteiger partial charge < -0.3 is 10.4 Å². The van der Waals surface area contributed by atoms with Gasteiger partial charge in [0.1, 0.15) is 4.32 Å². The minimum atomic E-state index is -0.520. The molecule has 0 spiro atoms. The summed E-state index contributed by atoms with van der Waals surface area (Å²) in [5, 5.41) is 11.8. The number of hydrogen-bond acceptors (Lipinski definition) is 2. The van der Waals surface area contributed by atoms with E-state index in [4.69, 9.17) is 5.11 Å². The zero-order valence-corrected chi connectivity index (χ0v) is 9.65. The fraction of sp³-hybridized carbons (Fsp3) is 0.889. The molecule has 0 radical (unpaired) electrons. The summed E-state index contributed by atoms with van der Waals surface area (Å²) in [5.41, 5.74) is -0.520. The molecule has 0 bridgehead atoms. The first-order chi connectivity index (χ1) is 5.90. The van der Waals surface area contributed by atoms with Gasteiger partial charge in [0.25, 0.3) is 0 Å². The van der Waals surface area contributed by atoms with Gasteiger partial charge in [-0.2, -0.15) is 0 Å². The van der Waals surface area contributed by atoms with Gasteiger partial charge in [0.15, 0.2) is 0 Å². The molecule has 1 amide bonds. The fourth-order valence-electron chi connectivity index (χ4n) is 1.17. The van der Waals surface area contributed by atoms with Crippen molar-refractivity contribution in [3.63, 3.8) is 0 Å². The smallest absolute Gasteiger partial charge is 0.237 e. The maximum atomic E-state index is 11.7. The van der Waals surface area contributed by atoms with E-state index in [2.05, 4.69) is 21.2 Å². The number of aliphatic hydroxyl groups is 1. The lowest BCUT2D eigenvalue weighted by Gasteiger charge is -2.37. The summed E-state index contributed by atoms with van der Waals surface area (Å²) < 4.78 is -0.362. The van der Waals surface area contributed by atoms with Crippen molar-refractivity contribution >= 4 is 21.8 Å². The molecular weight excluding hydrogens is 234 g/mol. The Morgan fingerprint density at radius 1 is 1.62 bits per heavy atom. The zero-order chi connectivity index (χ0) is 10.1. The Labute approximate surface area is 87.0 Å². The van der Waals surface area contributed by atoms with Crippen molar-refractivity contribution in [3.05, 3.63) is 0 Å². The summed E-state index contributed by atoms with van der Waals surface area (Å²) in [4.78, 5) is 11.7. The van der Waals surface area contributed by atoms with E-state index in [9.17, 15) is 4.79 Å². The standard InChI is InChI=1S/C9H16BrNO2/c1-8(2,6-12)11-7(13)9(10)4-3-5-9/h12H,3-6H2,1-2H3,(H,11,13). The van der Waals surface area contributed by atoms with Gasteiger partial charge in [-0.15, -0.1) is 0 Å². The fourth-order valence-corrected chi connectivity index (χ4v) is 1.83. The van der Waals surface area contributed by atoms with Gasteiger partial charge in [-0.3, -0.25) is 4.79 Å². The van der Waals surface area contributed by atoms with Crippen LogP contribution in [0.5, 0.6) is 0 Å². The highest BCUT2D eigenvalue weighted by molar-refractivity contribution is 9.10. The van der Waals surface area contributed by atoms with Gasteiger partial charge >= 0.3 is 0 Å². The van der Waals surface area contributed by atoms with Crippen molar-refractivity contribution in [1.82, 2.24) is 5.32 Å². The van der Waals surface area contributed by atoms with Crippen LogP contribution in [0.25, 0.3) is 0 Å². The monoisotopic (exact) mass is 249 g/mol. The summed E-state index contributed by atoms with van der Waals surface area (Å²) in [6.45, 7) is 3.57. The summed E-state index contributed by atoms with van der Waals surface area (Å²) in [7, 11) is 0. The van der Waals surface area contributed by atoms with Gasteiger partial charge in [-0.25, -0.2) is 0 Å². The average molecular weight is 250 g/mol. The summed E-state index contributed by atoms with van der Waals surface area (Å²) in [5.74, 6) is -0.00204. The first kappa shape index (κ1) is 11.0. The van der Waals surface area contributed by atoms with Crippen molar-refractivity contribution in [1.29, 1.82) is 0 Å². The Hall–Kier alpha value is -0.0900. The van der Waals surface area contributed by atoms with E-state index in [1.165, 1.54) is 0 Å². The molecule has 76 valence electrons. The average Bonchev–Trinajstić information content (AvgIpc) is 1.99. The van der Waals surface area contributed by atoms with Crippen LogP contribution in [0.3, 0.4) is 0 Å². The van der Waals surface area contributed by atoms with Crippen molar-refractivity contribution in [2.75, 3.05) is 6.61 Å². The van der Waals surface area contributed by atoms with Gasteiger partial charge in [-0.1, -0.05) is 15.9 Å². The molecule has 0 aromatic heterocycles. The predicted octanol–water partition coefficient (Wildman–Crippen LogP) is 1.19. The van der Waals surface area contributed by atoms with Gasteiger partial charge in [0.05, 0.1) is 12.1 Å². The van der Waals surface area contributed by atoms with E-state index in [1.54, 1.807) is 13.8 Å². The molecule has 13 heavy (non-hydrogen) atoms. The molecule has 0 unspecified atom stereocenters. The molecule has 1 saturated carbocycles. The third-order valence-electron chi connectivity index (χ3n) is 2.40. The van der Waals surface area contributed by atoms with Gasteiger partial charge in [0.2, 0.25) is 5.91 Å². The number of halogens is 1. The molecule has 2 N–H and O–H groups in total. The largest absolute Gasteiger partial charge is 0.394 e. The van der Waals surface area contributed by atoms with E-state index < -0.39 is 5.54 Å². The molecule has 0 aliphatic heterocycles. The van der Waals surface area contributed by atoms with E-state index >= 15 is 0 Å². The molecule has 1 aliphatic carbocycles. The second-order valence-corrected chi connectivity index (χ2v) is 5.83. The van der Waals surface area contributed by atoms with Crippen LogP contribution >= 0.6 is 15.9 Å². The molecule has 1 aliphatic rings. The Morgan fingerprint density at radius 2 is 2.15 bits per heavy atom. The first-order valence-corrected chi connectivity index (χ1v) is 5.31. The number of amides is 1. The maximum absolute atomic E-state index is 11.7. The Balaban J connectivity index is 2.50. The Bertz CT molecular complexity index is 212. The predicted molar refractivity (Wildman–Crippen MR) is 54.8 cm³/mol. The lowest BCUT2D eigenvalue weighted by atomic mass is 9.84. The molecule has 0 heterocycles. The number of rotatable bonds is 3. The van der Waals surface area contributed by atoms with E-state index in [-0.39, 0.29) is 16.8 Å². The van der Waals surface area contributed by atoms with Crippen LogP contribution < -0.4 is 5.32 Å². The third-order valence-corrected chi connectivity index (χ3v) is 3.55. The van der Waals surface area contributed by atoms with Crippen LogP contribution in [0, 0.1) is 0 Å². The van der Waals surface area contributed by atoms with Crippen molar-refractivity contribution in [2.24, 2.45) is 0 Å². The number of nitrogens with one attached hydrogen (secondary N) is 1. The molecule has 1 rings (SSSR count). The number of hydrogen-bond donors (Lipinski definition) is 2. The first-order valence-electron chi connectivity index (χ1n) is 4.52. The van der Waals surface area contributed by atoms with Crippen LogP contribution in [-0.2, 0) is 4.79 Å². The van der Waals surface area contributed by atoms with E-state index in [0.717, 1.165) is 19.3 Å². The summed E-state index contributed by atoms with van der Waals surface area (Å²) >= 11 is 3.42. The number of aliphatic hydroxyl groups excluding tert-OH is 1. The molecule has 0 saturated heterocycles. The van der Waals surface area contributed by atoms with Crippen molar-refractivity contribution in [3.8, 4) is 0 Å². The van der Waals surface area contributed by atoms with E-state index in [0.29, 0.717) is 0 Å². The maximum Gasteiger partial charge on any atom is 0.237 e. The topological polar surface area (TPSA) is 49.3 Å².